The average Bonchev–Trinajstić information content (AvgIpc) is 2.25. The number of anilines is 1. The molecular formula is C12H18N2. The van der Waals surface area contributed by atoms with Crippen molar-refractivity contribution >= 4 is 5.69 Å². The first-order chi connectivity index (χ1) is 6.83. The summed E-state index contributed by atoms with van der Waals surface area (Å²) in [5, 5.41) is 3.29. The molecule has 0 amide bonds. The van der Waals surface area contributed by atoms with E-state index in [9.17, 15) is 0 Å². The topological polar surface area (TPSA) is 38.0 Å². The van der Waals surface area contributed by atoms with E-state index >= 15 is 0 Å². The predicted octanol–water partition coefficient (Wildman–Crippen LogP) is 2.39. The van der Waals surface area contributed by atoms with Crippen LogP contribution in [0.3, 0.4) is 0 Å². The fraction of sp³-hybridized carbons (Fsp3) is 0.333. The lowest BCUT2D eigenvalue weighted by Gasteiger charge is -2.12. The van der Waals surface area contributed by atoms with E-state index < -0.39 is 0 Å². The van der Waals surface area contributed by atoms with Gasteiger partial charge >= 0.3 is 0 Å². The van der Waals surface area contributed by atoms with Gasteiger partial charge in [0.05, 0.1) is 0 Å². The van der Waals surface area contributed by atoms with E-state index in [2.05, 4.69) is 11.9 Å². The van der Waals surface area contributed by atoms with Gasteiger partial charge in [-0.05, 0) is 25.0 Å². The Balaban J connectivity index is 2.23. The van der Waals surface area contributed by atoms with Crippen molar-refractivity contribution in [2.24, 2.45) is 5.73 Å². The fourth-order valence-electron chi connectivity index (χ4n) is 1.24. The number of benzene rings is 1. The number of nitrogens with one attached hydrogen (secondary N) is 1. The molecule has 0 aromatic heterocycles. The van der Waals surface area contributed by atoms with Gasteiger partial charge in [-0.1, -0.05) is 24.3 Å². The molecule has 0 bridgehead atoms. The number of rotatable bonds is 6. The van der Waals surface area contributed by atoms with Gasteiger partial charge in [-0.2, -0.15) is 0 Å². The molecular weight excluding hydrogens is 172 g/mol. The molecule has 0 fully saturated rings. The zero-order valence-electron chi connectivity index (χ0n) is 8.45. The molecule has 2 nitrogen and oxygen atoms in total. The van der Waals surface area contributed by atoms with E-state index in [1.54, 1.807) is 0 Å². The van der Waals surface area contributed by atoms with E-state index in [1.165, 1.54) is 0 Å². The molecule has 0 saturated heterocycles. The second-order valence-corrected chi connectivity index (χ2v) is 3.37. The summed E-state index contributed by atoms with van der Waals surface area (Å²) in [7, 11) is 0. The van der Waals surface area contributed by atoms with Crippen LogP contribution < -0.4 is 11.1 Å². The molecule has 1 aromatic rings. The molecule has 1 atom stereocenters. The van der Waals surface area contributed by atoms with Gasteiger partial charge in [0.2, 0.25) is 0 Å². The highest BCUT2D eigenvalue weighted by molar-refractivity contribution is 5.42. The molecule has 0 spiro atoms. The van der Waals surface area contributed by atoms with Crippen molar-refractivity contribution in [1.29, 1.82) is 0 Å². The third kappa shape index (κ3) is 4.10. The van der Waals surface area contributed by atoms with Gasteiger partial charge in [0.15, 0.2) is 0 Å². The fourth-order valence-corrected chi connectivity index (χ4v) is 1.24. The lowest BCUT2D eigenvalue weighted by molar-refractivity contribution is 0.647. The smallest absolute Gasteiger partial charge is 0.0340 e. The Bertz CT molecular complexity index is 256. The lowest BCUT2D eigenvalue weighted by Crippen LogP contribution is -2.28. The van der Waals surface area contributed by atoms with Crippen molar-refractivity contribution < 1.29 is 0 Å². The predicted molar refractivity (Wildman–Crippen MR) is 62.3 cm³/mol. The maximum atomic E-state index is 5.90. The molecule has 0 aliphatic carbocycles. The Kier molecular flexibility index (Phi) is 4.79. The molecule has 14 heavy (non-hydrogen) atoms. The van der Waals surface area contributed by atoms with E-state index in [1.807, 2.05) is 36.4 Å². The molecule has 0 aliphatic heterocycles. The maximum Gasteiger partial charge on any atom is 0.0340 e. The second kappa shape index (κ2) is 6.22. The quantitative estimate of drug-likeness (QED) is 0.676. The largest absolute Gasteiger partial charge is 0.383 e. The first kappa shape index (κ1) is 10.8. The summed E-state index contributed by atoms with van der Waals surface area (Å²) in [6.07, 6.45) is 3.88. The minimum atomic E-state index is 0.202. The van der Waals surface area contributed by atoms with E-state index in [-0.39, 0.29) is 6.04 Å². The summed E-state index contributed by atoms with van der Waals surface area (Å²) in [6.45, 7) is 4.49. The molecule has 0 heterocycles. The molecule has 0 aliphatic rings. The van der Waals surface area contributed by atoms with Crippen molar-refractivity contribution in [3.8, 4) is 0 Å². The Morgan fingerprint density at radius 1 is 1.36 bits per heavy atom. The van der Waals surface area contributed by atoms with Crippen LogP contribution in [0.15, 0.2) is 43.0 Å². The number of allylic oxidation sites excluding steroid dienone is 1. The highest BCUT2D eigenvalue weighted by Crippen LogP contribution is 2.05. The Morgan fingerprint density at radius 3 is 2.71 bits per heavy atom. The maximum absolute atomic E-state index is 5.90. The Morgan fingerprint density at radius 2 is 2.07 bits per heavy atom. The zero-order chi connectivity index (χ0) is 10.2. The molecule has 3 N–H and O–H groups in total. The molecule has 1 aromatic carbocycles. The van der Waals surface area contributed by atoms with Crippen LogP contribution in [0.1, 0.15) is 12.8 Å². The van der Waals surface area contributed by atoms with Crippen LogP contribution >= 0.6 is 0 Å². The number of hydrogen-bond donors (Lipinski definition) is 2. The Hall–Kier alpha value is -1.28. The van der Waals surface area contributed by atoms with Gasteiger partial charge in [-0.15, -0.1) is 6.58 Å². The summed E-state index contributed by atoms with van der Waals surface area (Å²) < 4.78 is 0. The molecule has 1 rings (SSSR count). The first-order valence-corrected chi connectivity index (χ1v) is 4.98. The summed E-state index contributed by atoms with van der Waals surface area (Å²) in [6, 6.07) is 10.3. The van der Waals surface area contributed by atoms with E-state index in [4.69, 9.17) is 5.73 Å². The van der Waals surface area contributed by atoms with Gasteiger partial charge in [0.25, 0.3) is 0 Å². The van der Waals surface area contributed by atoms with Gasteiger partial charge in [0, 0.05) is 18.3 Å². The number of nitrogens with two attached hydrogens (primary N) is 1. The highest BCUT2D eigenvalue weighted by Gasteiger charge is 1.99. The summed E-state index contributed by atoms with van der Waals surface area (Å²) in [4.78, 5) is 0. The van der Waals surface area contributed by atoms with Crippen molar-refractivity contribution in [3.63, 3.8) is 0 Å². The van der Waals surface area contributed by atoms with Crippen LogP contribution in [-0.2, 0) is 0 Å². The van der Waals surface area contributed by atoms with Gasteiger partial charge < -0.3 is 11.1 Å². The molecule has 76 valence electrons. The first-order valence-electron chi connectivity index (χ1n) is 4.98. The summed E-state index contributed by atoms with van der Waals surface area (Å²) in [5.74, 6) is 0. The average molecular weight is 190 g/mol. The second-order valence-electron chi connectivity index (χ2n) is 3.37. The van der Waals surface area contributed by atoms with Gasteiger partial charge in [-0.3, -0.25) is 0 Å². The van der Waals surface area contributed by atoms with Crippen molar-refractivity contribution in [2.45, 2.75) is 18.9 Å². The van der Waals surface area contributed by atoms with Crippen molar-refractivity contribution in [3.05, 3.63) is 43.0 Å². The third-order valence-corrected chi connectivity index (χ3v) is 2.08. The normalized spacial score (nSPS) is 12.1. The standard InChI is InChI=1S/C12H18N2/c1-2-3-7-11(13)10-14-12-8-5-4-6-9-12/h2,4-6,8-9,11,14H,1,3,7,10,13H2. The van der Waals surface area contributed by atoms with Crippen LogP contribution in [0.25, 0.3) is 0 Å². The van der Waals surface area contributed by atoms with Gasteiger partial charge in [-0.25, -0.2) is 0 Å². The summed E-state index contributed by atoms with van der Waals surface area (Å²) >= 11 is 0. The van der Waals surface area contributed by atoms with Crippen LogP contribution in [0.5, 0.6) is 0 Å². The molecule has 1 unspecified atom stereocenters. The number of hydrogen-bond acceptors (Lipinski definition) is 2. The van der Waals surface area contributed by atoms with Gasteiger partial charge in [0.1, 0.15) is 0 Å². The van der Waals surface area contributed by atoms with E-state index in [0.29, 0.717) is 0 Å². The third-order valence-electron chi connectivity index (χ3n) is 2.08. The van der Waals surface area contributed by atoms with Crippen LogP contribution in [0, 0.1) is 0 Å². The minimum Gasteiger partial charge on any atom is -0.383 e. The molecule has 2 heteroatoms. The van der Waals surface area contributed by atoms with Crippen LogP contribution in [0.2, 0.25) is 0 Å². The molecule has 0 saturated carbocycles. The zero-order valence-corrected chi connectivity index (χ0v) is 8.45. The van der Waals surface area contributed by atoms with Crippen LogP contribution in [0.4, 0.5) is 5.69 Å². The van der Waals surface area contributed by atoms with Crippen molar-refractivity contribution in [2.75, 3.05) is 11.9 Å². The number of para-hydroxylation sites is 1. The Labute approximate surface area is 85.8 Å². The van der Waals surface area contributed by atoms with Crippen molar-refractivity contribution in [1.82, 2.24) is 0 Å². The molecule has 0 radical (unpaired) electrons. The summed E-state index contributed by atoms with van der Waals surface area (Å²) in [5.41, 5.74) is 7.02. The SMILES string of the molecule is C=CCCC(N)CNc1ccccc1. The minimum absolute atomic E-state index is 0.202. The van der Waals surface area contributed by atoms with Crippen LogP contribution in [-0.4, -0.2) is 12.6 Å². The highest BCUT2D eigenvalue weighted by atomic mass is 14.9. The van der Waals surface area contributed by atoms with E-state index in [0.717, 1.165) is 25.1 Å². The monoisotopic (exact) mass is 190 g/mol. The lowest BCUT2D eigenvalue weighted by atomic mass is 10.1.